The van der Waals surface area contributed by atoms with Crippen LogP contribution in [-0.4, -0.2) is 49.2 Å². The molecule has 2 N–H and O–H groups in total. The maximum absolute atomic E-state index is 9.62. The SMILES string of the molecule is CCOC1CC(NCC(O)COC(C)C)C1. The highest BCUT2D eigenvalue weighted by Crippen LogP contribution is 2.22. The summed E-state index contributed by atoms with van der Waals surface area (Å²) in [6.45, 7) is 7.77. The van der Waals surface area contributed by atoms with Gasteiger partial charge in [0.05, 0.1) is 24.9 Å². The largest absolute Gasteiger partial charge is 0.389 e. The lowest BCUT2D eigenvalue weighted by molar-refractivity contribution is -0.0206. The van der Waals surface area contributed by atoms with Gasteiger partial charge in [-0.15, -0.1) is 0 Å². The Kier molecular flexibility index (Phi) is 6.28. The molecule has 0 radical (unpaired) electrons. The number of hydrogen-bond donors (Lipinski definition) is 2. The minimum absolute atomic E-state index is 0.181. The highest BCUT2D eigenvalue weighted by molar-refractivity contribution is 4.86. The minimum Gasteiger partial charge on any atom is -0.389 e. The van der Waals surface area contributed by atoms with Crippen LogP contribution in [0, 0.1) is 0 Å². The van der Waals surface area contributed by atoms with Gasteiger partial charge in [-0.05, 0) is 33.6 Å². The maximum atomic E-state index is 9.62. The fraction of sp³-hybridized carbons (Fsp3) is 1.00. The van der Waals surface area contributed by atoms with Crippen molar-refractivity contribution in [1.29, 1.82) is 0 Å². The van der Waals surface area contributed by atoms with Gasteiger partial charge in [0.15, 0.2) is 0 Å². The van der Waals surface area contributed by atoms with Crippen molar-refractivity contribution in [3.05, 3.63) is 0 Å². The molecule has 0 aromatic heterocycles. The lowest BCUT2D eigenvalue weighted by Crippen LogP contribution is -2.48. The summed E-state index contributed by atoms with van der Waals surface area (Å²) in [5, 5.41) is 12.9. The quantitative estimate of drug-likeness (QED) is 0.652. The average molecular weight is 231 g/mol. The van der Waals surface area contributed by atoms with Gasteiger partial charge in [0.25, 0.3) is 0 Å². The molecule has 0 amide bonds. The van der Waals surface area contributed by atoms with Crippen molar-refractivity contribution in [1.82, 2.24) is 5.32 Å². The lowest BCUT2D eigenvalue weighted by atomic mass is 9.89. The van der Waals surface area contributed by atoms with Crippen molar-refractivity contribution in [2.45, 2.75) is 58.0 Å². The fourth-order valence-corrected chi connectivity index (χ4v) is 1.77. The average Bonchev–Trinajstić information content (AvgIpc) is 2.18. The van der Waals surface area contributed by atoms with Crippen LogP contribution in [0.15, 0.2) is 0 Å². The van der Waals surface area contributed by atoms with Crippen LogP contribution in [-0.2, 0) is 9.47 Å². The van der Waals surface area contributed by atoms with Crippen molar-refractivity contribution >= 4 is 0 Å². The van der Waals surface area contributed by atoms with Gasteiger partial charge in [-0.1, -0.05) is 0 Å². The Morgan fingerprint density at radius 3 is 2.62 bits per heavy atom. The van der Waals surface area contributed by atoms with E-state index < -0.39 is 6.10 Å². The highest BCUT2D eigenvalue weighted by Gasteiger charge is 2.29. The lowest BCUT2D eigenvalue weighted by Gasteiger charge is -2.36. The van der Waals surface area contributed by atoms with Crippen molar-refractivity contribution in [2.24, 2.45) is 0 Å². The van der Waals surface area contributed by atoms with Gasteiger partial charge in [-0.3, -0.25) is 0 Å². The van der Waals surface area contributed by atoms with Gasteiger partial charge >= 0.3 is 0 Å². The molecule has 1 atom stereocenters. The van der Waals surface area contributed by atoms with Gasteiger partial charge in [-0.25, -0.2) is 0 Å². The standard InChI is InChI=1S/C12H25NO3/c1-4-15-12-5-10(6-12)13-7-11(14)8-16-9(2)3/h9-14H,4-8H2,1-3H3. The number of nitrogens with one attached hydrogen (secondary N) is 1. The zero-order valence-electron chi connectivity index (χ0n) is 10.6. The summed E-state index contributed by atoms with van der Waals surface area (Å²) in [6.07, 6.45) is 2.32. The van der Waals surface area contributed by atoms with E-state index in [1.54, 1.807) is 0 Å². The molecule has 1 rings (SSSR count). The number of rotatable bonds is 8. The van der Waals surface area contributed by atoms with Crippen molar-refractivity contribution in [3.63, 3.8) is 0 Å². The van der Waals surface area contributed by atoms with Gasteiger partial charge < -0.3 is 19.9 Å². The second-order valence-corrected chi connectivity index (χ2v) is 4.69. The molecule has 0 aromatic rings. The van der Waals surface area contributed by atoms with E-state index in [0.29, 0.717) is 25.3 Å². The van der Waals surface area contributed by atoms with Crippen LogP contribution in [0.3, 0.4) is 0 Å². The third-order valence-corrected chi connectivity index (χ3v) is 2.76. The van der Waals surface area contributed by atoms with Crippen LogP contribution >= 0.6 is 0 Å². The monoisotopic (exact) mass is 231 g/mol. The first-order valence-corrected chi connectivity index (χ1v) is 6.26. The Balaban J connectivity index is 1.95. The van der Waals surface area contributed by atoms with Crippen LogP contribution in [0.1, 0.15) is 33.6 Å². The summed E-state index contributed by atoms with van der Waals surface area (Å²) in [4.78, 5) is 0. The molecule has 96 valence electrons. The molecule has 16 heavy (non-hydrogen) atoms. The second-order valence-electron chi connectivity index (χ2n) is 4.69. The van der Waals surface area contributed by atoms with E-state index in [-0.39, 0.29) is 6.10 Å². The summed E-state index contributed by atoms with van der Waals surface area (Å²) in [6, 6.07) is 0.505. The Bertz CT molecular complexity index is 181. The zero-order chi connectivity index (χ0) is 12.0. The third-order valence-electron chi connectivity index (χ3n) is 2.76. The minimum atomic E-state index is -0.409. The van der Waals surface area contributed by atoms with E-state index in [9.17, 15) is 5.11 Å². The van der Waals surface area contributed by atoms with E-state index in [2.05, 4.69) is 5.32 Å². The van der Waals surface area contributed by atoms with E-state index >= 15 is 0 Å². The number of hydrogen-bond acceptors (Lipinski definition) is 4. The normalized spacial score (nSPS) is 26.8. The Labute approximate surface area is 98.3 Å². The van der Waals surface area contributed by atoms with E-state index in [1.807, 2.05) is 20.8 Å². The van der Waals surface area contributed by atoms with Crippen LogP contribution in [0.2, 0.25) is 0 Å². The second kappa shape index (κ2) is 7.22. The molecule has 4 heteroatoms. The van der Waals surface area contributed by atoms with Crippen molar-refractivity contribution in [3.8, 4) is 0 Å². The van der Waals surface area contributed by atoms with Gasteiger partial charge in [-0.2, -0.15) is 0 Å². The molecule has 0 spiro atoms. The molecule has 0 aliphatic heterocycles. The molecule has 1 aliphatic carbocycles. The molecule has 0 heterocycles. The first-order chi connectivity index (χ1) is 7.61. The molecule has 1 unspecified atom stereocenters. The number of aliphatic hydroxyl groups is 1. The number of ether oxygens (including phenoxy) is 2. The summed E-state index contributed by atoms with van der Waals surface area (Å²) in [5.41, 5.74) is 0. The molecule has 0 bridgehead atoms. The Hall–Kier alpha value is -0.160. The van der Waals surface area contributed by atoms with Gasteiger partial charge in [0.1, 0.15) is 0 Å². The van der Waals surface area contributed by atoms with Crippen molar-refractivity contribution in [2.75, 3.05) is 19.8 Å². The van der Waals surface area contributed by atoms with Crippen LogP contribution < -0.4 is 5.32 Å². The van der Waals surface area contributed by atoms with Gasteiger partial charge in [0.2, 0.25) is 0 Å². The zero-order valence-corrected chi connectivity index (χ0v) is 10.6. The summed E-state index contributed by atoms with van der Waals surface area (Å²) >= 11 is 0. The molecule has 1 saturated carbocycles. The first kappa shape index (κ1) is 13.9. The Morgan fingerprint density at radius 1 is 1.38 bits per heavy atom. The summed E-state index contributed by atoms with van der Waals surface area (Å²) in [7, 11) is 0. The summed E-state index contributed by atoms with van der Waals surface area (Å²) in [5.74, 6) is 0. The van der Waals surface area contributed by atoms with Crippen LogP contribution in [0.25, 0.3) is 0 Å². The molecular formula is C12H25NO3. The van der Waals surface area contributed by atoms with E-state index in [4.69, 9.17) is 9.47 Å². The molecular weight excluding hydrogens is 206 g/mol. The predicted octanol–water partition coefficient (Wildman–Crippen LogP) is 0.929. The molecule has 0 saturated heterocycles. The highest BCUT2D eigenvalue weighted by atomic mass is 16.5. The molecule has 4 nitrogen and oxygen atoms in total. The first-order valence-electron chi connectivity index (χ1n) is 6.26. The topological polar surface area (TPSA) is 50.7 Å². The maximum Gasteiger partial charge on any atom is 0.0897 e. The van der Waals surface area contributed by atoms with E-state index in [0.717, 1.165) is 19.4 Å². The van der Waals surface area contributed by atoms with Gasteiger partial charge in [0, 0.05) is 19.2 Å². The molecule has 1 fully saturated rings. The van der Waals surface area contributed by atoms with Crippen LogP contribution in [0.5, 0.6) is 0 Å². The smallest absolute Gasteiger partial charge is 0.0897 e. The Morgan fingerprint density at radius 2 is 2.06 bits per heavy atom. The van der Waals surface area contributed by atoms with Crippen LogP contribution in [0.4, 0.5) is 0 Å². The fourth-order valence-electron chi connectivity index (χ4n) is 1.77. The molecule has 0 aromatic carbocycles. The predicted molar refractivity (Wildman–Crippen MR) is 63.5 cm³/mol. The van der Waals surface area contributed by atoms with E-state index in [1.165, 1.54) is 0 Å². The summed E-state index contributed by atoms with van der Waals surface area (Å²) < 4.78 is 10.8. The molecule has 1 aliphatic rings. The third kappa shape index (κ3) is 5.25. The number of aliphatic hydroxyl groups excluding tert-OH is 1. The van der Waals surface area contributed by atoms with Crippen molar-refractivity contribution < 1.29 is 14.6 Å².